The first-order valence-electron chi connectivity index (χ1n) is 7.31. The van der Waals surface area contributed by atoms with Crippen molar-refractivity contribution in [3.05, 3.63) is 29.8 Å². The fraction of sp³-hybridized carbons (Fsp3) is 0.562. The number of aryl methyl sites for hydroxylation is 1. The highest BCUT2D eigenvalue weighted by Gasteiger charge is 2.22. The first kappa shape index (κ1) is 13.9. The molecule has 0 spiro atoms. The van der Waals surface area contributed by atoms with Gasteiger partial charge in [-0.2, -0.15) is 0 Å². The van der Waals surface area contributed by atoms with Gasteiger partial charge in [0.05, 0.1) is 0 Å². The SMILES string of the molecule is CCN(CC1CCC1)C(=O)CCc1ccc(N)cc1. The molecule has 2 N–H and O–H groups in total. The predicted octanol–water partition coefficient (Wildman–Crippen LogP) is 2.85. The Kier molecular flexibility index (Phi) is 4.83. The average Bonchev–Trinajstić information content (AvgIpc) is 2.37. The third kappa shape index (κ3) is 3.98. The van der Waals surface area contributed by atoms with Crippen LogP contribution in [0.3, 0.4) is 0 Å². The van der Waals surface area contributed by atoms with E-state index in [0.717, 1.165) is 31.1 Å². The molecular weight excluding hydrogens is 236 g/mol. The van der Waals surface area contributed by atoms with E-state index in [-0.39, 0.29) is 5.91 Å². The summed E-state index contributed by atoms with van der Waals surface area (Å²) in [6.45, 7) is 3.86. The zero-order valence-electron chi connectivity index (χ0n) is 11.8. The Balaban J connectivity index is 1.79. The van der Waals surface area contributed by atoms with Gasteiger partial charge in [-0.1, -0.05) is 18.6 Å². The van der Waals surface area contributed by atoms with E-state index in [0.29, 0.717) is 6.42 Å². The van der Waals surface area contributed by atoms with Crippen LogP contribution in [0.5, 0.6) is 0 Å². The van der Waals surface area contributed by atoms with Gasteiger partial charge in [0, 0.05) is 25.2 Å². The van der Waals surface area contributed by atoms with E-state index in [1.165, 1.54) is 24.8 Å². The van der Waals surface area contributed by atoms with Crippen molar-refractivity contribution >= 4 is 11.6 Å². The van der Waals surface area contributed by atoms with Crippen molar-refractivity contribution in [2.45, 2.75) is 39.0 Å². The van der Waals surface area contributed by atoms with E-state index >= 15 is 0 Å². The normalized spacial score (nSPS) is 15.0. The van der Waals surface area contributed by atoms with Gasteiger partial charge in [-0.15, -0.1) is 0 Å². The van der Waals surface area contributed by atoms with Crippen molar-refractivity contribution in [3.8, 4) is 0 Å². The summed E-state index contributed by atoms with van der Waals surface area (Å²) in [6.07, 6.45) is 5.33. The number of anilines is 1. The van der Waals surface area contributed by atoms with Gasteiger partial charge in [0.2, 0.25) is 5.91 Å². The summed E-state index contributed by atoms with van der Waals surface area (Å²) in [6, 6.07) is 7.80. The molecule has 1 aliphatic rings. The van der Waals surface area contributed by atoms with Crippen LogP contribution in [0.25, 0.3) is 0 Å². The summed E-state index contributed by atoms with van der Waals surface area (Å²) in [5, 5.41) is 0. The lowest BCUT2D eigenvalue weighted by atomic mass is 9.85. The van der Waals surface area contributed by atoms with Gasteiger partial charge in [0.1, 0.15) is 0 Å². The van der Waals surface area contributed by atoms with Crippen molar-refractivity contribution < 1.29 is 4.79 Å². The molecule has 0 saturated heterocycles. The highest BCUT2D eigenvalue weighted by atomic mass is 16.2. The second-order valence-electron chi connectivity index (χ2n) is 5.47. The Morgan fingerprint density at radius 3 is 2.53 bits per heavy atom. The van der Waals surface area contributed by atoms with E-state index in [4.69, 9.17) is 5.73 Å². The molecule has 1 saturated carbocycles. The Hall–Kier alpha value is -1.51. The molecule has 19 heavy (non-hydrogen) atoms. The van der Waals surface area contributed by atoms with Crippen LogP contribution in [0.2, 0.25) is 0 Å². The second kappa shape index (κ2) is 6.60. The van der Waals surface area contributed by atoms with Crippen molar-refractivity contribution in [3.63, 3.8) is 0 Å². The van der Waals surface area contributed by atoms with Gasteiger partial charge in [0.15, 0.2) is 0 Å². The topological polar surface area (TPSA) is 46.3 Å². The average molecular weight is 260 g/mol. The van der Waals surface area contributed by atoms with E-state index in [2.05, 4.69) is 6.92 Å². The quantitative estimate of drug-likeness (QED) is 0.799. The van der Waals surface area contributed by atoms with Gasteiger partial charge in [-0.3, -0.25) is 4.79 Å². The largest absolute Gasteiger partial charge is 0.399 e. The molecule has 1 fully saturated rings. The summed E-state index contributed by atoms with van der Waals surface area (Å²) in [7, 11) is 0. The standard InChI is InChI=1S/C16H24N2O/c1-2-18(12-14-4-3-5-14)16(19)11-8-13-6-9-15(17)10-7-13/h6-7,9-10,14H,2-5,8,11-12,17H2,1H3. The molecule has 1 aromatic carbocycles. The summed E-state index contributed by atoms with van der Waals surface area (Å²) >= 11 is 0. The molecule has 2 rings (SSSR count). The number of hydrogen-bond acceptors (Lipinski definition) is 2. The number of nitrogen functional groups attached to an aromatic ring is 1. The number of carbonyl (C=O) groups excluding carboxylic acids is 1. The Morgan fingerprint density at radius 1 is 1.32 bits per heavy atom. The first-order valence-corrected chi connectivity index (χ1v) is 7.31. The molecule has 0 radical (unpaired) electrons. The van der Waals surface area contributed by atoms with Crippen molar-refractivity contribution in [1.82, 2.24) is 4.90 Å². The Labute approximate surface area is 115 Å². The van der Waals surface area contributed by atoms with Crippen molar-refractivity contribution in [1.29, 1.82) is 0 Å². The highest BCUT2D eigenvalue weighted by Crippen LogP contribution is 2.27. The third-order valence-electron chi connectivity index (χ3n) is 4.05. The summed E-state index contributed by atoms with van der Waals surface area (Å²) in [5.74, 6) is 1.03. The molecule has 0 heterocycles. The maximum Gasteiger partial charge on any atom is 0.222 e. The number of rotatable bonds is 6. The van der Waals surface area contributed by atoms with E-state index in [1.54, 1.807) is 0 Å². The molecule has 1 aromatic rings. The highest BCUT2D eigenvalue weighted by molar-refractivity contribution is 5.76. The Morgan fingerprint density at radius 2 is 2.00 bits per heavy atom. The number of hydrogen-bond donors (Lipinski definition) is 1. The Bertz CT molecular complexity index is 409. The molecule has 1 aliphatic carbocycles. The monoisotopic (exact) mass is 260 g/mol. The molecule has 3 heteroatoms. The second-order valence-corrected chi connectivity index (χ2v) is 5.47. The molecule has 0 aliphatic heterocycles. The maximum absolute atomic E-state index is 12.2. The van der Waals surface area contributed by atoms with Gasteiger partial charge < -0.3 is 10.6 Å². The van der Waals surface area contributed by atoms with Crippen LogP contribution >= 0.6 is 0 Å². The molecule has 0 atom stereocenters. The smallest absolute Gasteiger partial charge is 0.222 e. The molecule has 3 nitrogen and oxygen atoms in total. The maximum atomic E-state index is 12.2. The number of nitrogens with two attached hydrogens (primary N) is 1. The summed E-state index contributed by atoms with van der Waals surface area (Å²) in [4.78, 5) is 14.2. The number of carbonyl (C=O) groups is 1. The molecule has 0 aromatic heterocycles. The van der Waals surface area contributed by atoms with Crippen LogP contribution in [0, 0.1) is 5.92 Å². The number of amides is 1. The lowest BCUT2D eigenvalue weighted by molar-refractivity contribution is -0.132. The zero-order chi connectivity index (χ0) is 13.7. The minimum atomic E-state index is 0.284. The third-order valence-corrected chi connectivity index (χ3v) is 4.05. The van der Waals surface area contributed by atoms with Crippen molar-refractivity contribution in [2.24, 2.45) is 5.92 Å². The molecule has 0 bridgehead atoms. The fourth-order valence-electron chi connectivity index (χ4n) is 2.49. The van der Waals surface area contributed by atoms with Gasteiger partial charge in [-0.05, 0) is 49.8 Å². The zero-order valence-corrected chi connectivity index (χ0v) is 11.8. The van der Waals surface area contributed by atoms with Crippen LogP contribution in [0.15, 0.2) is 24.3 Å². The molecule has 1 amide bonds. The van der Waals surface area contributed by atoms with E-state index in [9.17, 15) is 4.79 Å². The molecule has 104 valence electrons. The van der Waals surface area contributed by atoms with E-state index in [1.807, 2.05) is 29.2 Å². The van der Waals surface area contributed by atoms with Crippen LogP contribution in [0.1, 0.15) is 38.2 Å². The summed E-state index contributed by atoms with van der Waals surface area (Å²) < 4.78 is 0. The number of nitrogens with zero attached hydrogens (tertiary/aromatic N) is 1. The number of benzene rings is 1. The van der Waals surface area contributed by atoms with Gasteiger partial charge >= 0.3 is 0 Å². The fourth-order valence-corrected chi connectivity index (χ4v) is 2.49. The van der Waals surface area contributed by atoms with Crippen LogP contribution in [0.4, 0.5) is 5.69 Å². The van der Waals surface area contributed by atoms with Crippen LogP contribution < -0.4 is 5.73 Å². The molecular formula is C16H24N2O. The van der Waals surface area contributed by atoms with Gasteiger partial charge in [-0.25, -0.2) is 0 Å². The van der Waals surface area contributed by atoms with Crippen molar-refractivity contribution in [2.75, 3.05) is 18.8 Å². The van der Waals surface area contributed by atoms with Gasteiger partial charge in [0.25, 0.3) is 0 Å². The first-order chi connectivity index (χ1) is 9.19. The minimum absolute atomic E-state index is 0.284. The lowest BCUT2D eigenvalue weighted by Crippen LogP contribution is -2.37. The van der Waals surface area contributed by atoms with E-state index < -0.39 is 0 Å². The minimum Gasteiger partial charge on any atom is -0.399 e. The molecule has 0 unspecified atom stereocenters. The van der Waals surface area contributed by atoms with Crippen LogP contribution in [-0.2, 0) is 11.2 Å². The van der Waals surface area contributed by atoms with Crippen LogP contribution in [-0.4, -0.2) is 23.9 Å². The summed E-state index contributed by atoms with van der Waals surface area (Å²) in [5.41, 5.74) is 7.61. The predicted molar refractivity (Wildman–Crippen MR) is 78.8 cm³/mol. The lowest BCUT2D eigenvalue weighted by Gasteiger charge is -2.31.